The van der Waals surface area contributed by atoms with E-state index in [0.29, 0.717) is 22.0 Å². The molecule has 0 N–H and O–H groups in total. The highest BCUT2D eigenvalue weighted by atomic mass is 32.2. The normalized spacial score (nSPS) is 31.9. The van der Waals surface area contributed by atoms with Crippen molar-refractivity contribution in [3.05, 3.63) is 29.8 Å². The summed E-state index contributed by atoms with van der Waals surface area (Å²) in [5.41, 5.74) is 1.53. The summed E-state index contributed by atoms with van der Waals surface area (Å²) in [5, 5.41) is 0.728. The molecule has 21 heavy (non-hydrogen) atoms. The smallest absolute Gasteiger partial charge is 0.160 e. The molecule has 2 unspecified atom stereocenters. The van der Waals surface area contributed by atoms with Gasteiger partial charge in [-0.05, 0) is 42.4 Å². The van der Waals surface area contributed by atoms with Crippen molar-refractivity contribution in [2.24, 2.45) is 0 Å². The van der Waals surface area contributed by atoms with E-state index in [9.17, 15) is 8.42 Å². The van der Waals surface area contributed by atoms with Crippen molar-refractivity contribution in [2.45, 2.75) is 60.8 Å². The molecular weight excluding hydrogens is 300 g/mol. The number of fused-ring (bicyclic) bond motifs is 2. The molecule has 2 aliphatic rings. The predicted molar refractivity (Wildman–Crippen MR) is 90.9 cm³/mol. The zero-order valence-electron chi connectivity index (χ0n) is 13.1. The van der Waals surface area contributed by atoms with E-state index in [1.165, 1.54) is 16.9 Å². The lowest BCUT2D eigenvalue weighted by molar-refractivity contribution is 0.558. The number of rotatable bonds is 1. The van der Waals surface area contributed by atoms with Crippen LogP contribution in [-0.4, -0.2) is 30.4 Å². The molecular formula is C17H25O2S2+. The van der Waals surface area contributed by atoms with Crippen molar-refractivity contribution >= 4 is 20.7 Å². The lowest BCUT2D eigenvalue weighted by Gasteiger charge is -2.34. The molecule has 1 aromatic carbocycles. The minimum absolute atomic E-state index is 0.135. The van der Waals surface area contributed by atoms with Crippen molar-refractivity contribution in [1.29, 1.82) is 0 Å². The van der Waals surface area contributed by atoms with Crippen LogP contribution in [0.2, 0.25) is 0 Å². The first kappa shape index (κ1) is 15.4. The van der Waals surface area contributed by atoms with Gasteiger partial charge in [-0.15, -0.1) is 0 Å². The van der Waals surface area contributed by atoms with Crippen molar-refractivity contribution in [1.82, 2.24) is 0 Å². The molecule has 3 rings (SSSR count). The fraction of sp³-hybridized carbons (Fsp3) is 0.647. The van der Waals surface area contributed by atoms with Gasteiger partial charge in [-0.3, -0.25) is 0 Å². The molecule has 2 atom stereocenters. The summed E-state index contributed by atoms with van der Waals surface area (Å²) in [6.07, 6.45) is 3.37. The van der Waals surface area contributed by atoms with Crippen LogP contribution in [0.1, 0.15) is 45.6 Å². The standard InChI is InChI=1S/C17H25O2S2/c1-17(2,3)13-7-9-14(10-8-13)20-15-5-4-6-16(20)12-21(18,19)11-15/h7-10,15-16H,4-6,11-12H2,1-3H3/q+1. The van der Waals surface area contributed by atoms with Crippen molar-refractivity contribution in [2.75, 3.05) is 11.5 Å². The third-order valence-electron chi connectivity index (χ3n) is 4.64. The van der Waals surface area contributed by atoms with Crippen molar-refractivity contribution in [3.8, 4) is 0 Å². The van der Waals surface area contributed by atoms with E-state index in [-0.39, 0.29) is 16.3 Å². The van der Waals surface area contributed by atoms with Gasteiger partial charge < -0.3 is 0 Å². The molecule has 2 fully saturated rings. The van der Waals surface area contributed by atoms with Gasteiger partial charge >= 0.3 is 0 Å². The van der Waals surface area contributed by atoms with E-state index in [1.54, 1.807) is 0 Å². The zero-order chi connectivity index (χ0) is 15.3. The largest absolute Gasteiger partial charge is 0.228 e. The maximum absolute atomic E-state index is 12.0. The fourth-order valence-electron chi connectivity index (χ4n) is 3.54. The number of hydrogen-bond donors (Lipinski definition) is 0. The molecule has 0 aliphatic carbocycles. The zero-order valence-corrected chi connectivity index (χ0v) is 14.8. The summed E-state index contributed by atoms with van der Waals surface area (Å²) in [5.74, 6) is 0.821. The second-order valence-corrected chi connectivity index (χ2v) is 12.1. The van der Waals surface area contributed by atoms with Crippen LogP contribution in [0, 0.1) is 0 Å². The third-order valence-corrected chi connectivity index (χ3v) is 9.94. The molecule has 116 valence electrons. The van der Waals surface area contributed by atoms with Gasteiger partial charge in [0, 0.05) is 10.9 Å². The Morgan fingerprint density at radius 2 is 1.52 bits per heavy atom. The summed E-state index contributed by atoms with van der Waals surface area (Å²) in [6.45, 7) is 6.69. The molecule has 0 saturated carbocycles. The van der Waals surface area contributed by atoms with Crippen molar-refractivity contribution < 1.29 is 8.42 Å². The fourth-order valence-corrected chi connectivity index (χ4v) is 10.2. The van der Waals surface area contributed by atoms with Gasteiger partial charge in [-0.2, -0.15) is 0 Å². The Morgan fingerprint density at radius 1 is 1.00 bits per heavy atom. The first-order valence-corrected chi connectivity index (χ1v) is 11.0. The molecule has 0 aromatic heterocycles. The summed E-state index contributed by atoms with van der Waals surface area (Å²) in [6, 6.07) is 8.99. The van der Waals surface area contributed by atoms with Crippen LogP contribution in [0.25, 0.3) is 0 Å². The Labute approximate surface area is 131 Å². The molecule has 2 heterocycles. The van der Waals surface area contributed by atoms with Gasteiger partial charge in [0.25, 0.3) is 0 Å². The second-order valence-electron chi connectivity index (χ2n) is 7.40. The highest BCUT2D eigenvalue weighted by Gasteiger charge is 2.51. The number of benzene rings is 1. The lowest BCUT2D eigenvalue weighted by Crippen LogP contribution is -2.49. The third kappa shape index (κ3) is 3.16. The lowest BCUT2D eigenvalue weighted by atomic mass is 9.87. The SMILES string of the molecule is CC(C)(C)c1ccc([S+]2C3CCCC2CS(=O)(=O)C3)cc1. The number of sulfone groups is 1. The summed E-state index contributed by atoms with van der Waals surface area (Å²) >= 11 is 0. The minimum Gasteiger partial charge on any atom is -0.228 e. The van der Waals surface area contributed by atoms with Crippen LogP contribution >= 0.6 is 0 Å². The molecule has 2 saturated heterocycles. The van der Waals surface area contributed by atoms with Gasteiger partial charge in [0.15, 0.2) is 14.7 Å². The highest BCUT2D eigenvalue weighted by molar-refractivity contribution is 8.02. The van der Waals surface area contributed by atoms with Crippen molar-refractivity contribution in [3.63, 3.8) is 0 Å². The molecule has 0 spiro atoms. The molecule has 2 aliphatic heterocycles. The summed E-state index contributed by atoms with van der Waals surface area (Å²) < 4.78 is 24.1. The van der Waals surface area contributed by atoms with Gasteiger partial charge in [0.1, 0.15) is 10.5 Å². The van der Waals surface area contributed by atoms with Crippen LogP contribution in [-0.2, 0) is 26.1 Å². The topological polar surface area (TPSA) is 34.1 Å². The molecule has 0 radical (unpaired) electrons. The predicted octanol–water partition coefficient (Wildman–Crippen LogP) is 3.31. The Hall–Kier alpha value is -0.480. The Morgan fingerprint density at radius 3 is 2.00 bits per heavy atom. The van der Waals surface area contributed by atoms with E-state index < -0.39 is 9.84 Å². The Bertz CT molecular complexity index is 591. The maximum Gasteiger partial charge on any atom is 0.160 e. The second kappa shape index (κ2) is 5.31. The van der Waals surface area contributed by atoms with Crippen LogP contribution in [0.3, 0.4) is 0 Å². The van der Waals surface area contributed by atoms with Crippen LogP contribution in [0.15, 0.2) is 29.2 Å². The molecule has 4 heteroatoms. The van der Waals surface area contributed by atoms with E-state index in [0.717, 1.165) is 12.8 Å². The van der Waals surface area contributed by atoms with E-state index in [2.05, 4.69) is 45.0 Å². The Balaban J connectivity index is 1.90. The van der Waals surface area contributed by atoms with Crippen LogP contribution in [0.4, 0.5) is 0 Å². The summed E-state index contributed by atoms with van der Waals surface area (Å²) in [7, 11) is -2.67. The van der Waals surface area contributed by atoms with E-state index in [4.69, 9.17) is 0 Å². The minimum atomic E-state index is -2.81. The average molecular weight is 326 g/mol. The first-order chi connectivity index (χ1) is 9.76. The Kier molecular flexibility index (Phi) is 3.90. The number of hydrogen-bond acceptors (Lipinski definition) is 2. The first-order valence-electron chi connectivity index (χ1n) is 7.79. The molecule has 2 nitrogen and oxygen atoms in total. The van der Waals surface area contributed by atoms with E-state index in [1.807, 2.05) is 0 Å². The molecule has 0 amide bonds. The van der Waals surface area contributed by atoms with Gasteiger partial charge in [0.2, 0.25) is 0 Å². The molecule has 2 bridgehead atoms. The van der Waals surface area contributed by atoms with Gasteiger partial charge in [-0.25, -0.2) is 8.42 Å². The van der Waals surface area contributed by atoms with Gasteiger partial charge in [-0.1, -0.05) is 32.9 Å². The van der Waals surface area contributed by atoms with Gasteiger partial charge in [0.05, 0.1) is 11.5 Å². The maximum atomic E-state index is 12.0. The quantitative estimate of drug-likeness (QED) is 0.742. The van der Waals surface area contributed by atoms with E-state index >= 15 is 0 Å². The molecule has 1 aromatic rings. The highest BCUT2D eigenvalue weighted by Crippen LogP contribution is 2.39. The van der Waals surface area contributed by atoms with Crippen LogP contribution in [0.5, 0.6) is 0 Å². The summed E-state index contributed by atoms with van der Waals surface area (Å²) in [4.78, 5) is 1.38. The van der Waals surface area contributed by atoms with Crippen LogP contribution < -0.4 is 0 Å². The monoisotopic (exact) mass is 325 g/mol. The average Bonchev–Trinajstić information content (AvgIpc) is 2.36.